The Morgan fingerprint density at radius 2 is 1.63 bits per heavy atom. The summed E-state index contributed by atoms with van der Waals surface area (Å²) in [4.78, 5) is 21.7. The van der Waals surface area contributed by atoms with Crippen molar-refractivity contribution in [1.29, 1.82) is 0 Å². The first kappa shape index (κ1) is 16.8. The van der Waals surface area contributed by atoms with Crippen LogP contribution in [-0.4, -0.2) is 17.0 Å². The fourth-order valence-corrected chi connectivity index (χ4v) is 2.99. The van der Waals surface area contributed by atoms with Gasteiger partial charge in [-0.2, -0.15) is 0 Å². The zero-order valence-corrected chi connectivity index (χ0v) is 14.9. The van der Waals surface area contributed by atoms with E-state index in [0.717, 1.165) is 17.2 Å². The Kier molecular flexibility index (Phi) is 4.58. The number of hydrogen-bond acceptors (Lipinski definition) is 4. The molecule has 5 nitrogen and oxygen atoms in total. The summed E-state index contributed by atoms with van der Waals surface area (Å²) in [6.07, 6.45) is 0. The summed E-state index contributed by atoms with van der Waals surface area (Å²) < 4.78 is 6.03. The highest BCUT2D eigenvalue weighted by Gasteiger charge is 2.12. The molecule has 0 saturated heterocycles. The van der Waals surface area contributed by atoms with Crippen LogP contribution in [0.4, 0.5) is 5.69 Å². The van der Waals surface area contributed by atoms with E-state index < -0.39 is 0 Å². The number of aromatic nitrogens is 2. The molecule has 27 heavy (non-hydrogen) atoms. The van der Waals surface area contributed by atoms with Gasteiger partial charge < -0.3 is 14.6 Å². The third-order valence-corrected chi connectivity index (χ3v) is 4.30. The largest absolute Gasteiger partial charge is 0.455 e. The lowest BCUT2D eigenvalue weighted by atomic mass is 10.2. The topological polar surface area (TPSA) is 58.2 Å². The van der Waals surface area contributed by atoms with Crippen LogP contribution in [0.2, 0.25) is 0 Å². The number of fused-ring (bicyclic) bond motifs is 1. The maximum Gasteiger partial charge on any atom is 0.258 e. The van der Waals surface area contributed by atoms with Crippen molar-refractivity contribution in [1.82, 2.24) is 9.97 Å². The number of hydrogen-bond donors (Lipinski definition) is 1. The number of rotatable bonds is 5. The summed E-state index contributed by atoms with van der Waals surface area (Å²) in [7, 11) is 1.95. The Morgan fingerprint density at radius 3 is 2.48 bits per heavy atom. The molecule has 0 bridgehead atoms. The molecule has 4 rings (SSSR count). The summed E-state index contributed by atoms with van der Waals surface area (Å²) in [6.45, 7) is 0.454. The van der Waals surface area contributed by atoms with E-state index in [9.17, 15) is 4.79 Å². The first-order valence-corrected chi connectivity index (χ1v) is 8.72. The second-order valence-electron chi connectivity index (χ2n) is 6.27. The molecule has 134 valence electrons. The molecule has 0 atom stereocenters. The highest BCUT2D eigenvalue weighted by Crippen LogP contribution is 2.31. The van der Waals surface area contributed by atoms with Crippen LogP contribution in [-0.2, 0) is 6.54 Å². The Balaban J connectivity index is 1.62. The van der Waals surface area contributed by atoms with E-state index >= 15 is 0 Å². The fourth-order valence-electron chi connectivity index (χ4n) is 2.99. The molecule has 0 fully saturated rings. The molecular weight excluding hydrogens is 338 g/mol. The van der Waals surface area contributed by atoms with Crippen molar-refractivity contribution >= 4 is 16.6 Å². The number of nitrogens with one attached hydrogen (secondary N) is 1. The van der Waals surface area contributed by atoms with Crippen molar-refractivity contribution in [2.75, 3.05) is 11.9 Å². The van der Waals surface area contributed by atoms with Gasteiger partial charge in [0.05, 0.1) is 23.1 Å². The van der Waals surface area contributed by atoms with Crippen LogP contribution in [0, 0.1) is 0 Å². The van der Waals surface area contributed by atoms with Gasteiger partial charge in [0, 0.05) is 7.05 Å². The predicted molar refractivity (Wildman–Crippen MR) is 107 cm³/mol. The Morgan fingerprint density at radius 1 is 0.926 bits per heavy atom. The van der Waals surface area contributed by atoms with Gasteiger partial charge in [-0.25, -0.2) is 4.98 Å². The van der Waals surface area contributed by atoms with Crippen molar-refractivity contribution in [3.8, 4) is 11.5 Å². The minimum atomic E-state index is -0.127. The van der Waals surface area contributed by atoms with Crippen molar-refractivity contribution in [3.05, 3.63) is 95.0 Å². The highest BCUT2D eigenvalue weighted by atomic mass is 16.5. The molecule has 5 heteroatoms. The van der Waals surface area contributed by atoms with Gasteiger partial charge in [0.25, 0.3) is 5.56 Å². The smallest absolute Gasteiger partial charge is 0.258 e. The molecule has 0 aliphatic heterocycles. The van der Waals surface area contributed by atoms with Crippen molar-refractivity contribution in [2.24, 2.45) is 0 Å². The average molecular weight is 357 g/mol. The van der Waals surface area contributed by atoms with E-state index in [1.54, 1.807) is 6.07 Å². The van der Waals surface area contributed by atoms with Crippen LogP contribution in [0.1, 0.15) is 5.82 Å². The quantitative estimate of drug-likeness (QED) is 0.577. The lowest BCUT2D eigenvalue weighted by molar-refractivity contribution is 0.482. The average Bonchev–Trinajstić information content (AvgIpc) is 2.69. The van der Waals surface area contributed by atoms with E-state index in [-0.39, 0.29) is 5.56 Å². The molecule has 1 aromatic heterocycles. The molecule has 0 radical (unpaired) electrons. The minimum Gasteiger partial charge on any atom is -0.455 e. The molecule has 1 heterocycles. The summed E-state index contributed by atoms with van der Waals surface area (Å²) in [5, 5.41) is 0.594. The third-order valence-electron chi connectivity index (χ3n) is 4.30. The summed E-state index contributed by atoms with van der Waals surface area (Å²) >= 11 is 0. The molecule has 1 N–H and O–H groups in total. The first-order valence-electron chi connectivity index (χ1n) is 8.72. The number of aromatic amines is 1. The van der Waals surface area contributed by atoms with Crippen LogP contribution >= 0.6 is 0 Å². The Labute approximate surface area is 156 Å². The minimum absolute atomic E-state index is 0.127. The number of benzene rings is 3. The molecule has 0 spiro atoms. The van der Waals surface area contributed by atoms with Gasteiger partial charge in [-0.1, -0.05) is 42.5 Å². The van der Waals surface area contributed by atoms with Gasteiger partial charge in [0.15, 0.2) is 5.75 Å². The van der Waals surface area contributed by atoms with Crippen LogP contribution in [0.5, 0.6) is 11.5 Å². The van der Waals surface area contributed by atoms with Gasteiger partial charge in [-0.05, 0) is 36.4 Å². The van der Waals surface area contributed by atoms with Crippen LogP contribution < -0.4 is 15.2 Å². The van der Waals surface area contributed by atoms with E-state index in [0.29, 0.717) is 23.3 Å². The highest BCUT2D eigenvalue weighted by molar-refractivity contribution is 5.77. The summed E-state index contributed by atoms with van der Waals surface area (Å²) in [6, 6.07) is 24.8. The van der Waals surface area contributed by atoms with Gasteiger partial charge in [0.2, 0.25) is 0 Å². The number of anilines is 1. The van der Waals surface area contributed by atoms with E-state index in [4.69, 9.17) is 4.74 Å². The zero-order chi connectivity index (χ0) is 18.6. The fraction of sp³-hybridized carbons (Fsp3) is 0.0909. The lowest BCUT2D eigenvalue weighted by Crippen LogP contribution is -2.22. The molecule has 4 aromatic rings. The van der Waals surface area contributed by atoms with Crippen molar-refractivity contribution in [3.63, 3.8) is 0 Å². The SMILES string of the molecule is CN(Cc1nc2ccccc2c(=O)[nH]1)c1ccccc1Oc1ccccc1. The van der Waals surface area contributed by atoms with Gasteiger partial charge in [-0.15, -0.1) is 0 Å². The van der Waals surface area contributed by atoms with Crippen LogP contribution in [0.3, 0.4) is 0 Å². The third kappa shape index (κ3) is 3.67. The van der Waals surface area contributed by atoms with E-state index in [1.165, 1.54) is 0 Å². The van der Waals surface area contributed by atoms with Gasteiger partial charge in [0.1, 0.15) is 11.6 Å². The molecule has 0 amide bonds. The first-order chi connectivity index (χ1) is 13.2. The maximum atomic E-state index is 12.3. The Hall–Kier alpha value is -3.60. The normalized spacial score (nSPS) is 10.7. The van der Waals surface area contributed by atoms with Gasteiger partial charge >= 0.3 is 0 Å². The standard InChI is InChI=1S/C22H19N3O2/c1-25(15-21-23-18-12-6-5-11-17(18)22(26)24-21)19-13-7-8-14-20(19)27-16-9-3-2-4-10-16/h2-14H,15H2,1H3,(H,23,24,26). The number of H-pyrrole nitrogens is 1. The molecule has 0 saturated carbocycles. The molecule has 0 unspecified atom stereocenters. The van der Waals surface area contributed by atoms with Crippen molar-refractivity contribution in [2.45, 2.75) is 6.54 Å². The zero-order valence-electron chi connectivity index (χ0n) is 14.9. The number of ether oxygens (including phenoxy) is 1. The van der Waals surface area contributed by atoms with Gasteiger partial charge in [-0.3, -0.25) is 4.79 Å². The molecular formula is C22H19N3O2. The summed E-state index contributed by atoms with van der Waals surface area (Å²) in [5.41, 5.74) is 1.48. The van der Waals surface area contributed by atoms with Crippen LogP contribution in [0.15, 0.2) is 83.7 Å². The van der Waals surface area contributed by atoms with Crippen LogP contribution in [0.25, 0.3) is 10.9 Å². The van der Waals surface area contributed by atoms with Crippen molar-refractivity contribution < 1.29 is 4.74 Å². The monoisotopic (exact) mass is 357 g/mol. The van der Waals surface area contributed by atoms with E-state index in [1.807, 2.05) is 84.7 Å². The molecule has 0 aliphatic rings. The summed E-state index contributed by atoms with van der Waals surface area (Å²) in [5.74, 6) is 2.13. The number of nitrogens with zero attached hydrogens (tertiary/aromatic N) is 2. The molecule has 0 aliphatic carbocycles. The predicted octanol–water partition coefficient (Wildman–Crippen LogP) is 4.35. The molecule has 3 aromatic carbocycles. The Bertz CT molecular complexity index is 1120. The second-order valence-corrected chi connectivity index (χ2v) is 6.27. The second kappa shape index (κ2) is 7.33. The lowest BCUT2D eigenvalue weighted by Gasteiger charge is -2.22. The number of para-hydroxylation sites is 4. The maximum absolute atomic E-state index is 12.3. The van der Waals surface area contributed by atoms with E-state index in [2.05, 4.69) is 9.97 Å².